The van der Waals surface area contributed by atoms with Crippen molar-refractivity contribution in [2.45, 2.75) is 32.9 Å². The van der Waals surface area contributed by atoms with Gasteiger partial charge < -0.3 is 29.6 Å². The van der Waals surface area contributed by atoms with Crippen LogP contribution in [0.15, 0.2) is 36.4 Å². The predicted molar refractivity (Wildman–Crippen MR) is 106 cm³/mol. The Labute approximate surface area is 164 Å². The quantitative estimate of drug-likeness (QED) is 0.760. The first-order chi connectivity index (χ1) is 13.3. The molecule has 28 heavy (non-hydrogen) atoms. The molecule has 1 amide bonds. The molecule has 7 heteroatoms. The van der Waals surface area contributed by atoms with Gasteiger partial charge in [-0.15, -0.1) is 0 Å². The highest BCUT2D eigenvalue weighted by Gasteiger charge is 2.16. The molecule has 0 radical (unpaired) electrons. The average molecular weight is 386 g/mol. The van der Waals surface area contributed by atoms with Crippen molar-refractivity contribution in [1.82, 2.24) is 5.32 Å². The van der Waals surface area contributed by atoms with Crippen LogP contribution in [0, 0.1) is 0 Å². The number of hydrogen-bond donors (Lipinski definition) is 2. The topological polar surface area (TPSA) is 78.1 Å². The van der Waals surface area contributed by atoms with E-state index in [-0.39, 0.29) is 24.8 Å². The molecule has 2 aromatic rings. The van der Waals surface area contributed by atoms with Gasteiger partial charge in [0.2, 0.25) is 6.79 Å². The zero-order valence-corrected chi connectivity index (χ0v) is 16.6. The van der Waals surface area contributed by atoms with Crippen LogP contribution in [0.3, 0.4) is 0 Å². The van der Waals surface area contributed by atoms with Crippen molar-refractivity contribution in [3.05, 3.63) is 42.0 Å². The van der Waals surface area contributed by atoms with Crippen LogP contribution in [0.25, 0.3) is 0 Å². The minimum Gasteiger partial charge on any atom is -0.493 e. The summed E-state index contributed by atoms with van der Waals surface area (Å²) in [6.07, 6.45) is 0. The number of anilines is 1. The third kappa shape index (κ3) is 5.22. The first-order valence-electron chi connectivity index (χ1n) is 9.08. The number of methoxy groups -OCH3 is 1. The number of hydrogen-bond acceptors (Lipinski definition) is 6. The number of carbonyl (C=O) groups excluding carboxylic acids is 1. The van der Waals surface area contributed by atoms with Gasteiger partial charge in [0.05, 0.1) is 7.11 Å². The van der Waals surface area contributed by atoms with Crippen molar-refractivity contribution in [2.75, 3.05) is 25.8 Å². The molecule has 0 fully saturated rings. The summed E-state index contributed by atoms with van der Waals surface area (Å²) in [5.74, 6) is 2.42. The van der Waals surface area contributed by atoms with E-state index < -0.39 is 0 Å². The monoisotopic (exact) mass is 386 g/mol. The molecule has 1 aliphatic rings. The van der Waals surface area contributed by atoms with Crippen LogP contribution >= 0.6 is 0 Å². The first-order valence-corrected chi connectivity index (χ1v) is 9.08. The maximum atomic E-state index is 11.9. The van der Waals surface area contributed by atoms with Gasteiger partial charge in [-0.1, -0.05) is 6.07 Å². The van der Waals surface area contributed by atoms with E-state index in [2.05, 4.69) is 10.6 Å². The fourth-order valence-electron chi connectivity index (χ4n) is 2.75. The summed E-state index contributed by atoms with van der Waals surface area (Å²) in [5, 5.41) is 6.20. The van der Waals surface area contributed by atoms with Crippen LogP contribution < -0.4 is 29.6 Å². The van der Waals surface area contributed by atoms with E-state index in [0.717, 1.165) is 22.7 Å². The van der Waals surface area contributed by atoms with E-state index in [1.54, 1.807) is 13.2 Å². The summed E-state index contributed by atoms with van der Waals surface area (Å²) in [6.45, 7) is 6.56. The van der Waals surface area contributed by atoms with Gasteiger partial charge in [-0.05, 0) is 50.6 Å². The van der Waals surface area contributed by atoms with Crippen LogP contribution in [0.5, 0.6) is 23.0 Å². The van der Waals surface area contributed by atoms with Crippen molar-refractivity contribution < 1.29 is 23.7 Å². The van der Waals surface area contributed by atoms with E-state index in [4.69, 9.17) is 18.9 Å². The number of benzene rings is 2. The Bertz CT molecular complexity index is 845. The third-order valence-corrected chi connectivity index (χ3v) is 3.97. The number of carbonyl (C=O) groups is 1. The standard InChI is InChI=1S/C21H26N2O5/c1-21(2,3)23-20(24)12-26-16-7-5-14(9-18(16)25-4)11-22-15-6-8-17-19(10-15)28-13-27-17/h5-10,22H,11-13H2,1-4H3,(H,23,24). The molecule has 2 aromatic carbocycles. The van der Waals surface area contributed by atoms with Gasteiger partial charge in [0.1, 0.15) is 0 Å². The predicted octanol–water partition coefficient (Wildman–Crippen LogP) is 3.33. The van der Waals surface area contributed by atoms with Crippen molar-refractivity contribution in [2.24, 2.45) is 0 Å². The van der Waals surface area contributed by atoms with Crippen molar-refractivity contribution in [1.29, 1.82) is 0 Å². The Morgan fingerprint density at radius 1 is 1.07 bits per heavy atom. The van der Waals surface area contributed by atoms with Crippen LogP contribution in [-0.4, -0.2) is 32.0 Å². The summed E-state index contributed by atoms with van der Waals surface area (Å²) < 4.78 is 21.7. The molecule has 0 aromatic heterocycles. The van der Waals surface area contributed by atoms with Gasteiger partial charge in [0, 0.05) is 23.8 Å². The molecule has 1 heterocycles. The minimum atomic E-state index is -0.297. The fraction of sp³-hybridized carbons (Fsp3) is 0.381. The van der Waals surface area contributed by atoms with E-state index >= 15 is 0 Å². The Morgan fingerprint density at radius 2 is 1.86 bits per heavy atom. The summed E-state index contributed by atoms with van der Waals surface area (Å²) in [5.41, 5.74) is 1.65. The highest BCUT2D eigenvalue weighted by Crippen LogP contribution is 2.34. The Hall–Kier alpha value is -3.09. The molecule has 3 rings (SSSR count). The van der Waals surface area contributed by atoms with E-state index in [9.17, 15) is 4.79 Å². The summed E-state index contributed by atoms with van der Waals surface area (Å²) in [7, 11) is 1.58. The smallest absolute Gasteiger partial charge is 0.258 e. The number of rotatable bonds is 7. The molecule has 0 bridgehead atoms. The molecular weight excluding hydrogens is 360 g/mol. The van der Waals surface area contributed by atoms with Crippen molar-refractivity contribution in [3.8, 4) is 23.0 Å². The van der Waals surface area contributed by atoms with Gasteiger partial charge in [0.15, 0.2) is 29.6 Å². The van der Waals surface area contributed by atoms with Gasteiger partial charge in [0.25, 0.3) is 5.91 Å². The molecule has 0 aliphatic carbocycles. The zero-order valence-electron chi connectivity index (χ0n) is 16.6. The van der Waals surface area contributed by atoms with Crippen LogP contribution in [0.4, 0.5) is 5.69 Å². The summed E-state index contributed by atoms with van der Waals surface area (Å²) >= 11 is 0. The number of amides is 1. The van der Waals surface area contributed by atoms with Crippen LogP contribution in [-0.2, 0) is 11.3 Å². The molecular formula is C21H26N2O5. The molecule has 0 saturated heterocycles. The first kappa shape index (κ1) is 19.7. The van der Waals surface area contributed by atoms with Gasteiger partial charge in [-0.3, -0.25) is 4.79 Å². The highest BCUT2D eigenvalue weighted by atomic mass is 16.7. The van der Waals surface area contributed by atoms with Gasteiger partial charge in [-0.25, -0.2) is 0 Å². The average Bonchev–Trinajstić information content (AvgIpc) is 3.11. The summed E-state index contributed by atoms with van der Waals surface area (Å²) in [6, 6.07) is 11.3. The molecule has 0 atom stereocenters. The second-order valence-corrected chi connectivity index (χ2v) is 7.49. The van der Waals surface area contributed by atoms with E-state index in [1.165, 1.54) is 0 Å². The molecule has 2 N–H and O–H groups in total. The van der Waals surface area contributed by atoms with Crippen LogP contribution in [0.1, 0.15) is 26.3 Å². The lowest BCUT2D eigenvalue weighted by molar-refractivity contribution is -0.124. The Balaban J connectivity index is 1.59. The molecule has 0 saturated carbocycles. The Morgan fingerprint density at radius 3 is 2.61 bits per heavy atom. The second-order valence-electron chi connectivity index (χ2n) is 7.49. The largest absolute Gasteiger partial charge is 0.493 e. The zero-order chi connectivity index (χ0) is 20.1. The second kappa shape index (κ2) is 8.29. The normalized spacial score (nSPS) is 12.4. The van der Waals surface area contributed by atoms with Gasteiger partial charge >= 0.3 is 0 Å². The summed E-state index contributed by atoms with van der Waals surface area (Å²) in [4.78, 5) is 11.9. The fourth-order valence-corrected chi connectivity index (χ4v) is 2.75. The molecule has 0 spiro atoms. The number of nitrogens with one attached hydrogen (secondary N) is 2. The van der Waals surface area contributed by atoms with E-state index in [0.29, 0.717) is 18.0 Å². The minimum absolute atomic E-state index is 0.0670. The maximum absolute atomic E-state index is 11.9. The lowest BCUT2D eigenvalue weighted by Gasteiger charge is -2.20. The van der Waals surface area contributed by atoms with E-state index in [1.807, 2.05) is 51.1 Å². The SMILES string of the molecule is COc1cc(CNc2ccc3c(c2)OCO3)ccc1OCC(=O)NC(C)(C)C. The highest BCUT2D eigenvalue weighted by molar-refractivity contribution is 5.78. The lowest BCUT2D eigenvalue weighted by Crippen LogP contribution is -2.43. The number of ether oxygens (including phenoxy) is 4. The van der Waals surface area contributed by atoms with Gasteiger partial charge in [-0.2, -0.15) is 0 Å². The van der Waals surface area contributed by atoms with Crippen molar-refractivity contribution >= 4 is 11.6 Å². The lowest BCUT2D eigenvalue weighted by atomic mass is 10.1. The molecule has 150 valence electrons. The molecule has 1 aliphatic heterocycles. The van der Waals surface area contributed by atoms with Crippen molar-refractivity contribution in [3.63, 3.8) is 0 Å². The Kier molecular flexibility index (Phi) is 5.82. The molecule has 0 unspecified atom stereocenters. The molecule has 7 nitrogen and oxygen atoms in total. The maximum Gasteiger partial charge on any atom is 0.258 e. The number of fused-ring (bicyclic) bond motifs is 1. The van der Waals surface area contributed by atoms with Crippen LogP contribution in [0.2, 0.25) is 0 Å². The third-order valence-electron chi connectivity index (χ3n) is 3.97.